The monoisotopic (exact) mass is 290 g/mol. The summed E-state index contributed by atoms with van der Waals surface area (Å²) in [7, 11) is 2.22. The number of rotatable bonds is 4. The van der Waals surface area contributed by atoms with Gasteiger partial charge in [-0.2, -0.15) is 0 Å². The molecule has 1 fully saturated rings. The van der Waals surface area contributed by atoms with Crippen molar-refractivity contribution in [3.05, 3.63) is 23.8 Å². The molecule has 0 amide bonds. The fourth-order valence-electron chi connectivity index (χ4n) is 3.40. The van der Waals surface area contributed by atoms with Crippen molar-refractivity contribution in [2.75, 3.05) is 33.4 Å². The second-order valence-corrected chi connectivity index (χ2v) is 6.44. The van der Waals surface area contributed by atoms with Crippen LogP contribution in [0.15, 0.2) is 18.2 Å². The quantitative estimate of drug-likeness (QED) is 0.923. The Morgan fingerprint density at radius 1 is 1.24 bits per heavy atom. The van der Waals surface area contributed by atoms with Crippen LogP contribution in [0.3, 0.4) is 0 Å². The molecular formula is C17H26N2O2. The highest BCUT2D eigenvalue weighted by atomic mass is 16.6. The highest BCUT2D eigenvalue weighted by molar-refractivity contribution is 5.45. The molecule has 1 aromatic rings. The van der Waals surface area contributed by atoms with Gasteiger partial charge < -0.3 is 14.8 Å². The van der Waals surface area contributed by atoms with Gasteiger partial charge in [-0.25, -0.2) is 0 Å². The van der Waals surface area contributed by atoms with Crippen LogP contribution in [0.2, 0.25) is 0 Å². The summed E-state index contributed by atoms with van der Waals surface area (Å²) in [6.07, 6.45) is 1.25. The van der Waals surface area contributed by atoms with E-state index in [0.717, 1.165) is 24.6 Å². The number of hydrogen-bond acceptors (Lipinski definition) is 4. The highest BCUT2D eigenvalue weighted by Gasteiger charge is 2.33. The molecule has 0 aliphatic carbocycles. The molecule has 2 heterocycles. The molecule has 0 spiro atoms. The van der Waals surface area contributed by atoms with Gasteiger partial charge in [-0.05, 0) is 43.6 Å². The van der Waals surface area contributed by atoms with Gasteiger partial charge >= 0.3 is 0 Å². The van der Waals surface area contributed by atoms with E-state index < -0.39 is 0 Å². The van der Waals surface area contributed by atoms with Crippen LogP contribution in [-0.4, -0.2) is 44.3 Å². The Labute approximate surface area is 127 Å². The third-order valence-electron chi connectivity index (χ3n) is 4.47. The summed E-state index contributed by atoms with van der Waals surface area (Å²) in [6, 6.07) is 7.43. The lowest BCUT2D eigenvalue weighted by atomic mass is 9.93. The predicted octanol–water partition coefficient (Wildman–Crippen LogP) is 2.45. The number of ether oxygens (including phenoxy) is 2. The Balaban J connectivity index is 1.79. The molecule has 2 unspecified atom stereocenters. The summed E-state index contributed by atoms with van der Waals surface area (Å²) in [5, 5.41) is 3.59. The van der Waals surface area contributed by atoms with E-state index in [1.807, 2.05) is 0 Å². The standard InChI is InChI=1S/C17H26N2O2/c1-12(2)18-11-14-6-7-19(3)17(14)13-4-5-15-16(10-13)21-9-8-20-15/h4-5,10,12,14,17-18H,6-9,11H2,1-3H3. The summed E-state index contributed by atoms with van der Waals surface area (Å²) in [5.74, 6) is 2.43. The summed E-state index contributed by atoms with van der Waals surface area (Å²) in [4.78, 5) is 2.46. The lowest BCUT2D eigenvalue weighted by Crippen LogP contribution is -2.32. The molecule has 0 saturated carbocycles. The maximum Gasteiger partial charge on any atom is 0.161 e. The first-order chi connectivity index (χ1) is 10.1. The second kappa shape index (κ2) is 6.24. The topological polar surface area (TPSA) is 33.7 Å². The Morgan fingerprint density at radius 3 is 2.76 bits per heavy atom. The molecule has 4 heteroatoms. The molecule has 0 bridgehead atoms. The summed E-state index contributed by atoms with van der Waals surface area (Å²) < 4.78 is 11.4. The number of nitrogens with zero attached hydrogens (tertiary/aromatic N) is 1. The number of likely N-dealkylation sites (tertiary alicyclic amines) is 1. The van der Waals surface area contributed by atoms with Gasteiger partial charge in [-0.1, -0.05) is 19.9 Å². The molecule has 1 aromatic carbocycles. The van der Waals surface area contributed by atoms with Crippen LogP contribution in [0.1, 0.15) is 31.9 Å². The van der Waals surface area contributed by atoms with Crippen LogP contribution in [0.4, 0.5) is 0 Å². The van der Waals surface area contributed by atoms with Gasteiger partial charge in [-0.3, -0.25) is 4.90 Å². The minimum atomic E-state index is 0.465. The lowest BCUT2D eigenvalue weighted by molar-refractivity contribution is 0.170. The highest BCUT2D eigenvalue weighted by Crippen LogP contribution is 2.40. The van der Waals surface area contributed by atoms with Crippen LogP contribution in [0.5, 0.6) is 11.5 Å². The maximum absolute atomic E-state index is 5.73. The fraction of sp³-hybridized carbons (Fsp3) is 0.647. The second-order valence-electron chi connectivity index (χ2n) is 6.44. The van der Waals surface area contributed by atoms with Crippen LogP contribution >= 0.6 is 0 Å². The molecule has 3 rings (SSSR count). The Bertz CT molecular complexity index is 490. The summed E-state index contributed by atoms with van der Waals surface area (Å²) in [5.41, 5.74) is 1.34. The minimum Gasteiger partial charge on any atom is -0.486 e. The third kappa shape index (κ3) is 3.16. The molecule has 0 aromatic heterocycles. The van der Waals surface area contributed by atoms with Gasteiger partial charge in [0.2, 0.25) is 0 Å². The average Bonchev–Trinajstić information content (AvgIpc) is 2.85. The van der Waals surface area contributed by atoms with Gasteiger partial charge in [0, 0.05) is 18.6 Å². The first kappa shape index (κ1) is 14.7. The van der Waals surface area contributed by atoms with Crippen LogP contribution in [0, 0.1) is 5.92 Å². The Morgan fingerprint density at radius 2 is 2.00 bits per heavy atom. The number of fused-ring (bicyclic) bond motifs is 1. The Hall–Kier alpha value is -1.26. The van der Waals surface area contributed by atoms with Crippen molar-refractivity contribution in [1.82, 2.24) is 10.2 Å². The van der Waals surface area contributed by atoms with Crippen molar-refractivity contribution in [2.45, 2.75) is 32.4 Å². The van der Waals surface area contributed by atoms with E-state index in [1.165, 1.54) is 12.0 Å². The van der Waals surface area contributed by atoms with E-state index in [-0.39, 0.29) is 0 Å². The minimum absolute atomic E-state index is 0.465. The normalized spacial score (nSPS) is 25.5. The molecular weight excluding hydrogens is 264 g/mol. The van der Waals surface area contributed by atoms with Gasteiger partial charge in [0.15, 0.2) is 11.5 Å². The third-order valence-corrected chi connectivity index (χ3v) is 4.47. The van der Waals surface area contributed by atoms with E-state index in [1.54, 1.807) is 0 Å². The summed E-state index contributed by atoms with van der Waals surface area (Å²) >= 11 is 0. The first-order valence-electron chi connectivity index (χ1n) is 7.98. The van der Waals surface area contributed by atoms with Crippen molar-refractivity contribution in [3.63, 3.8) is 0 Å². The van der Waals surface area contributed by atoms with Gasteiger partial charge in [0.25, 0.3) is 0 Å². The molecule has 1 saturated heterocycles. The van der Waals surface area contributed by atoms with Crippen molar-refractivity contribution in [1.29, 1.82) is 0 Å². The zero-order chi connectivity index (χ0) is 14.8. The molecule has 2 aliphatic rings. The lowest BCUT2D eigenvalue weighted by Gasteiger charge is -2.28. The average molecular weight is 290 g/mol. The van der Waals surface area contributed by atoms with E-state index >= 15 is 0 Å². The number of nitrogens with one attached hydrogen (secondary N) is 1. The molecule has 21 heavy (non-hydrogen) atoms. The van der Waals surface area contributed by atoms with E-state index in [9.17, 15) is 0 Å². The zero-order valence-corrected chi connectivity index (χ0v) is 13.3. The zero-order valence-electron chi connectivity index (χ0n) is 13.3. The van der Waals surface area contributed by atoms with Crippen LogP contribution in [0.25, 0.3) is 0 Å². The van der Waals surface area contributed by atoms with Gasteiger partial charge in [-0.15, -0.1) is 0 Å². The van der Waals surface area contributed by atoms with E-state index in [0.29, 0.717) is 31.2 Å². The largest absolute Gasteiger partial charge is 0.486 e. The van der Waals surface area contributed by atoms with Crippen molar-refractivity contribution < 1.29 is 9.47 Å². The molecule has 4 nitrogen and oxygen atoms in total. The molecule has 2 aliphatic heterocycles. The smallest absolute Gasteiger partial charge is 0.161 e. The van der Waals surface area contributed by atoms with E-state index in [2.05, 4.69) is 49.3 Å². The Kier molecular flexibility index (Phi) is 4.36. The van der Waals surface area contributed by atoms with Crippen LogP contribution in [-0.2, 0) is 0 Å². The van der Waals surface area contributed by atoms with Gasteiger partial charge in [0.1, 0.15) is 13.2 Å². The first-order valence-corrected chi connectivity index (χ1v) is 7.98. The maximum atomic E-state index is 5.73. The van der Waals surface area contributed by atoms with E-state index in [4.69, 9.17) is 9.47 Å². The number of benzene rings is 1. The van der Waals surface area contributed by atoms with Crippen LogP contribution < -0.4 is 14.8 Å². The summed E-state index contributed by atoms with van der Waals surface area (Å²) in [6.45, 7) is 7.94. The van der Waals surface area contributed by atoms with Crippen molar-refractivity contribution >= 4 is 0 Å². The SMILES string of the molecule is CC(C)NCC1CCN(C)C1c1ccc2c(c1)OCCO2. The molecule has 2 atom stereocenters. The molecule has 1 N–H and O–H groups in total. The van der Waals surface area contributed by atoms with Crippen molar-refractivity contribution in [2.24, 2.45) is 5.92 Å². The molecule has 116 valence electrons. The predicted molar refractivity (Wildman–Crippen MR) is 84.0 cm³/mol. The molecule has 0 radical (unpaired) electrons. The van der Waals surface area contributed by atoms with Gasteiger partial charge in [0.05, 0.1) is 0 Å². The van der Waals surface area contributed by atoms with Crippen molar-refractivity contribution in [3.8, 4) is 11.5 Å². The fourth-order valence-corrected chi connectivity index (χ4v) is 3.40. The number of hydrogen-bond donors (Lipinski definition) is 1.